The number of carbonyl (C=O) groups excluding carboxylic acids is 1. The lowest BCUT2D eigenvalue weighted by Crippen LogP contribution is -2.34. The number of para-hydroxylation sites is 1. The molecule has 0 N–H and O–H groups in total. The summed E-state index contributed by atoms with van der Waals surface area (Å²) < 4.78 is 24.4. The topological polar surface area (TPSA) is 75.5 Å². The average molecular weight is 341 g/mol. The molecular formula is C18H16FN3O3. The summed E-state index contributed by atoms with van der Waals surface area (Å²) in [4.78, 5) is 17.9. The molecule has 3 rings (SSSR count). The molecule has 1 aromatic heterocycles. The van der Waals surface area contributed by atoms with Gasteiger partial charge in [0.25, 0.3) is 5.91 Å². The Morgan fingerprint density at radius 2 is 2.24 bits per heavy atom. The van der Waals surface area contributed by atoms with Crippen molar-refractivity contribution in [2.45, 2.75) is 12.5 Å². The van der Waals surface area contributed by atoms with Crippen LogP contribution in [0, 0.1) is 17.1 Å². The minimum Gasteiger partial charge on any atom is -0.481 e. The number of hydrogen-bond acceptors (Lipinski definition) is 5. The summed E-state index contributed by atoms with van der Waals surface area (Å²) in [5, 5.41) is 8.88. The molecule has 2 aromatic rings. The van der Waals surface area contributed by atoms with Gasteiger partial charge in [-0.1, -0.05) is 12.1 Å². The number of amides is 1. The van der Waals surface area contributed by atoms with Crippen molar-refractivity contribution in [1.29, 1.82) is 5.26 Å². The number of carbonyl (C=O) groups is 1. The second-order valence-corrected chi connectivity index (χ2v) is 5.58. The van der Waals surface area contributed by atoms with Crippen LogP contribution in [0.3, 0.4) is 0 Å². The van der Waals surface area contributed by atoms with Gasteiger partial charge in [-0.15, -0.1) is 0 Å². The van der Waals surface area contributed by atoms with Gasteiger partial charge < -0.3 is 14.4 Å². The van der Waals surface area contributed by atoms with Crippen LogP contribution in [0.4, 0.5) is 4.39 Å². The Labute approximate surface area is 144 Å². The lowest BCUT2D eigenvalue weighted by molar-refractivity contribution is -0.132. The van der Waals surface area contributed by atoms with E-state index in [1.165, 1.54) is 18.3 Å². The van der Waals surface area contributed by atoms with E-state index in [0.717, 1.165) is 0 Å². The zero-order valence-electron chi connectivity index (χ0n) is 13.4. The fourth-order valence-corrected chi connectivity index (χ4v) is 2.56. The third-order valence-electron chi connectivity index (χ3n) is 3.84. The molecule has 7 heteroatoms. The van der Waals surface area contributed by atoms with Crippen molar-refractivity contribution in [3.63, 3.8) is 0 Å². The average Bonchev–Trinajstić information content (AvgIpc) is 3.09. The fourth-order valence-electron chi connectivity index (χ4n) is 2.56. The number of benzene rings is 1. The van der Waals surface area contributed by atoms with Gasteiger partial charge in [0.15, 0.2) is 18.2 Å². The van der Waals surface area contributed by atoms with Crippen molar-refractivity contribution in [3.05, 3.63) is 54.0 Å². The zero-order chi connectivity index (χ0) is 17.6. The van der Waals surface area contributed by atoms with Crippen LogP contribution in [0.5, 0.6) is 11.6 Å². The third kappa shape index (κ3) is 4.23. The van der Waals surface area contributed by atoms with E-state index >= 15 is 0 Å². The van der Waals surface area contributed by atoms with E-state index in [1.807, 2.05) is 6.07 Å². The van der Waals surface area contributed by atoms with Crippen LogP contribution in [-0.4, -0.2) is 41.6 Å². The molecular weight excluding hydrogens is 325 g/mol. The summed E-state index contributed by atoms with van der Waals surface area (Å²) in [6.45, 7) is 0.704. The van der Waals surface area contributed by atoms with Crippen molar-refractivity contribution in [1.82, 2.24) is 9.88 Å². The Bertz CT molecular complexity index is 806. The van der Waals surface area contributed by atoms with E-state index in [0.29, 0.717) is 31.0 Å². The van der Waals surface area contributed by atoms with Gasteiger partial charge in [0, 0.05) is 25.2 Å². The van der Waals surface area contributed by atoms with Crippen molar-refractivity contribution in [3.8, 4) is 17.7 Å². The summed E-state index contributed by atoms with van der Waals surface area (Å²) >= 11 is 0. The highest BCUT2D eigenvalue weighted by atomic mass is 19.1. The van der Waals surface area contributed by atoms with Gasteiger partial charge in [-0.3, -0.25) is 4.79 Å². The quantitative estimate of drug-likeness (QED) is 0.833. The smallest absolute Gasteiger partial charge is 0.260 e. The van der Waals surface area contributed by atoms with Crippen LogP contribution in [0.25, 0.3) is 0 Å². The molecule has 0 aliphatic carbocycles. The summed E-state index contributed by atoms with van der Waals surface area (Å²) in [7, 11) is 0. The Morgan fingerprint density at radius 3 is 3.04 bits per heavy atom. The van der Waals surface area contributed by atoms with Gasteiger partial charge in [0.2, 0.25) is 5.88 Å². The van der Waals surface area contributed by atoms with E-state index in [9.17, 15) is 9.18 Å². The van der Waals surface area contributed by atoms with Crippen molar-refractivity contribution >= 4 is 5.91 Å². The second kappa shape index (κ2) is 7.62. The van der Waals surface area contributed by atoms with Gasteiger partial charge >= 0.3 is 0 Å². The predicted molar refractivity (Wildman–Crippen MR) is 86.5 cm³/mol. The van der Waals surface area contributed by atoms with E-state index in [1.54, 1.807) is 29.2 Å². The number of likely N-dealkylation sites (tertiary alicyclic amines) is 1. The Kier molecular flexibility index (Phi) is 5.09. The van der Waals surface area contributed by atoms with Crippen molar-refractivity contribution in [2.75, 3.05) is 19.7 Å². The van der Waals surface area contributed by atoms with Crippen LogP contribution in [0.1, 0.15) is 12.0 Å². The minimum atomic E-state index is -0.499. The van der Waals surface area contributed by atoms with Gasteiger partial charge in [-0.05, 0) is 18.2 Å². The Hall–Kier alpha value is -3.14. The molecule has 0 bridgehead atoms. The standard InChI is InChI=1S/C18H16FN3O3/c19-15-3-1-2-4-16(15)24-12-18(23)22-8-6-14(11-22)25-17-9-13(10-20)5-7-21-17/h1-5,7,9,14H,6,8,11-12H2. The molecule has 2 heterocycles. The predicted octanol–water partition coefficient (Wildman–Crippen LogP) is 2.15. The highest BCUT2D eigenvalue weighted by Crippen LogP contribution is 2.19. The lowest BCUT2D eigenvalue weighted by atomic mass is 10.3. The molecule has 0 radical (unpaired) electrons. The Morgan fingerprint density at radius 1 is 1.40 bits per heavy atom. The first-order valence-electron chi connectivity index (χ1n) is 7.83. The first kappa shape index (κ1) is 16.7. The molecule has 1 atom stereocenters. The molecule has 25 heavy (non-hydrogen) atoms. The number of pyridine rings is 1. The SMILES string of the molecule is N#Cc1ccnc(OC2CCN(C(=O)COc3ccccc3F)C2)c1. The summed E-state index contributed by atoms with van der Waals surface area (Å²) in [6.07, 6.45) is 1.97. The first-order valence-corrected chi connectivity index (χ1v) is 7.83. The fraction of sp³-hybridized carbons (Fsp3) is 0.278. The molecule has 0 spiro atoms. The van der Waals surface area contributed by atoms with Crippen LogP contribution in [0.2, 0.25) is 0 Å². The van der Waals surface area contributed by atoms with Crippen LogP contribution >= 0.6 is 0 Å². The van der Waals surface area contributed by atoms with E-state index in [2.05, 4.69) is 4.98 Å². The van der Waals surface area contributed by atoms with Gasteiger partial charge in [-0.25, -0.2) is 9.37 Å². The largest absolute Gasteiger partial charge is 0.481 e. The van der Waals surface area contributed by atoms with E-state index in [4.69, 9.17) is 14.7 Å². The number of halogens is 1. The number of rotatable bonds is 5. The Balaban J connectivity index is 1.51. The number of nitriles is 1. The zero-order valence-corrected chi connectivity index (χ0v) is 13.4. The van der Waals surface area contributed by atoms with Gasteiger partial charge in [-0.2, -0.15) is 5.26 Å². The summed E-state index contributed by atoms with van der Waals surface area (Å²) in [5.41, 5.74) is 0.467. The molecule has 1 saturated heterocycles. The molecule has 128 valence electrons. The van der Waals surface area contributed by atoms with E-state index < -0.39 is 5.82 Å². The highest BCUT2D eigenvalue weighted by molar-refractivity contribution is 5.78. The van der Waals surface area contributed by atoms with Crippen molar-refractivity contribution in [2.24, 2.45) is 0 Å². The van der Waals surface area contributed by atoms with Crippen LogP contribution in [0.15, 0.2) is 42.6 Å². The maximum Gasteiger partial charge on any atom is 0.260 e. The molecule has 1 fully saturated rings. The van der Waals surface area contributed by atoms with Crippen molar-refractivity contribution < 1.29 is 18.7 Å². The number of ether oxygens (including phenoxy) is 2. The molecule has 0 saturated carbocycles. The molecule has 1 aliphatic heterocycles. The summed E-state index contributed by atoms with van der Waals surface area (Å²) in [6, 6.07) is 11.1. The number of nitrogens with zero attached hydrogens (tertiary/aromatic N) is 3. The van der Waals surface area contributed by atoms with Gasteiger partial charge in [0.05, 0.1) is 18.2 Å². The van der Waals surface area contributed by atoms with Gasteiger partial charge in [0.1, 0.15) is 6.10 Å². The second-order valence-electron chi connectivity index (χ2n) is 5.58. The third-order valence-corrected chi connectivity index (χ3v) is 3.84. The highest BCUT2D eigenvalue weighted by Gasteiger charge is 2.28. The molecule has 6 nitrogen and oxygen atoms in total. The lowest BCUT2D eigenvalue weighted by Gasteiger charge is -2.17. The molecule has 1 aromatic carbocycles. The molecule has 1 aliphatic rings. The van der Waals surface area contributed by atoms with Crippen LogP contribution in [-0.2, 0) is 4.79 Å². The summed E-state index contributed by atoms with van der Waals surface area (Å²) in [5.74, 6) is -0.309. The molecule has 1 amide bonds. The maximum absolute atomic E-state index is 13.5. The van der Waals surface area contributed by atoms with E-state index in [-0.39, 0.29) is 24.4 Å². The first-order chi connectivity index (χ1) is 12.2. The van der Waals surface area contributed by atoms with Crippen LogP contribution < -0.4 is 9.47 Å². The monoisotopic (exact) mass is 341 g/mol. The normalized spacial score (nSPS) is 16.3. The maximum atomic E-state index is 13.5. The molecule has 1 unspecified atom stereocenters. The number of hydrogen-bond donors (Lipinski definition) is 0. The minimum absolute atomic E-state index is 0.0559. The number of aromatic nitrogens is 1.